The van der Waals surface area contributed by atoms with E-state index in [4.69, 9.17) is 4.74 Å². The molecule has 148 valence electrons. The summed E-state index contributed by atoms with van der Waals surface area (Å²) in [5.74, 6) is -1.25. The highest BCUT2D eigenvalue weighted by molar-refractivity contribution is 6.39. The number of benzene rings is 2. The SMILES string of the molecule is Cc1cccc(C)c1NC(=O)C(=O)NCCN1CCOC(c2ccccc2)C1. The van der Waals surface area contributed by atoms with Gasteiger partial charge in [0, 0.05) is 31.9 Å². The van der Waals surface area contributed by atoms with Crippen molar-refractivity contribution < 1.29 is 14.3 Å². The molecule has 2 aromatic rings. The molecule has 1 fully saturated rings. The predicted octanol–water partition coefficient (Wildman–Crippen LogP) is 2.43. The highest BCUT2D eigenvalue weighted by Crippen LogP contribution is 2.21. The van der Waals surface area contributed by atoms with Gasteiger partial charge in [-0.15, -0.1) is 0 Å². The number of nitrogens with zero attached hydrogens (tertiary/aromatic N) is 1. The molecule has 0 spiro atoms. The summed E-state index contributed by atoms with van der Waals surface area (Å²) in [6.45, 7) is 7.14. The van der Waals surface area contributed by atoms with Crippen molar-refractivity contribution in [2.24, 2.45) is 0 Å². The average molecular weight is 381 g/mol. The number of rotatable bonds is 5. The summed E-state index contributed by atoms with van der Waals surface area (Å²) in [5, 5.41) is 5.42. The van der Waals surface area contributed by atoms with Crippen molar-refractivity contribution in [1.82, 2.24) is 10.2 Å². The summed E-state index contributed by atoms with van der Waals surface area (Å²) in [5.41, 5.74) is 3.72. The Bertz CT molecular complexity index is 803. The van der Waals surface area contributed by atoms with E-state index >= 15 is 0 Å². The third-order valence-corrected chi connectivity index (χ3v) is 4.96. The van der Waals surface area contributed by atoms with Gasteiger partial charge in [-0.1, -0.05) is 48.5 Å². The molecule has 1 unspecified atom stereocenters. The Balaban J connectivity index is 1.45. The third-order valence-electron chi connectivity index (χ3n) is 4.96. The number of ether oxygens (including phenoxy) is 1. The van der Waals surface area contributed by atoms with Crippen molar-refractivity contribution >= 4 is 17.5 Å². The number of morpholine rings is 1. The Labute approximate surface area is 165 Å². The molecule has 1 aliphatic rings. The zero-order valence-electron chi connectivity index (χ0n) is 16.4. The number of carbonyl (C=O) groups is 2. The van der Waals surface area contributed by atoms with Crippen LogP contribution >= 0.6 is 0 Å². The molecule has 2 N–H and O–H groups in total. The lowest BCUT2D eigenvalue weighted by molar-refractivity contribution is -0.136. The summed E-state index contributed by atoms with van der Waals surface area (Å²) < 4.78 is 5.86. The van der Waals surface area contributed by atoms with Crippen molar-refractivity contribution in [3.05, 3.63) is 65.2 Å². The van der Waals surface area contributed by atoms with E-state index in [1.54, 1.807) is 0 Å². The Hall–Kier alpha value is -2.70. The summed E-state index contributed by atoms with van der Waals surface area (Å²) in [6, 6.07) is 15.9. The highest BCUT2D eigenvalue weighted by Gasteiger charge is 2.22. The van der Waals surface area contributed by atoms with Gasteiger partial charge < -0.3 is 15.4 Å². The molecule has 0 radical (unpaired) electrons. The first-order chi connectivity index (χ1) is 13.5. The van der Waals surface area contributed by atoms with Gasteiger partial charge in [-0.05, 0) is 30.5 Å². The maximum Gasteiger partial charge on any atom is 0.313 e. The normalized spacial score (nSPS) is 17.1. The molecule has 1 atom stereocenters. The van der Waals surface area contributed by atoms with E-state index in [-0.39, 0.29) is 6.10 Å². The van der Waals surface area contributed by atoms with Crippen LogP contribution in [0.25, 0.3) is 0 Å². The first-order valence-corrected chi connectivity index (χ1v) is 9.59. The second-order valence-corrected chi connectivity index (χ2v) is 7.05. The van der Waals surface area contributed by atoms with Gasteiger partial charge in [0.15, 0.2) is 0 Å². The molecule has 1 saturated heterocycles. The van der Waals surface area contributed by atoms with E-state index in [0.717, 1.165) is 29.8 Å². The van der Waals surface area contributed by atoms with E-state index in [0.29, 0.717) is 25.4 Å². The second kappa shape index (κ2) is 9.48. The predicted molar refractivity (Wildman–Crippen MR) is 109 cm³/mol. The van der Waals surface area contributed by atoms with Gasteiger partial charge in [-0.3, -0.25) is 14.5 Å². The van der Waals surface area contributed by atoms with Gasteiger partial charge in [0.25, 0.3) is 0 Å². The van der Waals surface area contributed by atoms with Crippen LogP contribution in [0, 0.1) is 13.8 Å². The first kappa shape index (κ1) is 20.0. The molecular weight excluding hydrogens is 354 g/mol. The van der Waals surface area contributed by atoms with Gasteiger partial charge in [-0.25, -0.2) is 0 Å². The molecule has 3 rings (SSSR count). The molecule has 0 aliphatic carbocycles. The maximum absolute atomic E-state index is 12.2. The van der Waals surface area contributed by atoms with Crippen LogP contribution in [0.5, 0.6) is 0 Å². The van der Waals surface area contributed by atoms with Crippen LogP contribution in [0.1, 0.15) is 22.8 Å². The van der Waals surface area contributed by atoms with Crippen LogP contribution in [0.15, 0.2) is 48.5 Å². The summed E-state index contributed by atoms with van der Waals surface area (Å²) in [4.78, 5) is 26.6. The van der Waals surface area contributed by atoms with Crippen molar-refractivity contribution in [3.8, 4) is 0 Å². The van der Waals surface area contributed by atoms with Crippen LogP contribution in [-0.4, -0.2) is 49.5 Å². The molecule has 0 saturated carbocycles. The number of nitrogens with one attached hydrogen (secondary N) is 2. The van der Waals surface area contributed by atoms with Gasteiger partial charge >= 0.3 is 11.8 Å². The maximum atomic E-state index is 12.2. The minimum Gasteiger partial charge on any atom is -0.371 e. The molecule has 6 nitrogen and oxygen atoms in total. The number of hydrogen-bond acceptors (Lipinski definition) is 4. The minimum atomic E-state index is -0.637. The van der Waals surface area contributed by atoms with E-state index in [2.05, 4.69) is 27.7 Å². The molecule has 2 amide bonds. The monoisotopic (exact) mass is 381 g/mol. The topological polar surface area (TPSA) is 70.7 Å². The van der Waals surface area contributed by atoms with E-state index < -0.39 is 11.8 Å². The molecule has 0 aromatic heterocycles. The molecular formula is C22H27N3O3. The number of amides is 2. The van der Waals surface area contributed by atoms with Crippen molar-refractivity contribution in [2.75, 3.05) is 38.1 Å². The number of aryl methyl sites for hydroxylation is 2. The Morgan fingerprint density at radius 3 is 2.46 bits per heavy atom. The number of anilines is 1. The fourth-order valence-electron chi connectivity index (χ4n) is 3.36. The molecule has 6 heteroatoms. The first-order valence-electron chi connectivity index (χ1n) is 9.59. The van der Waals surface area contributed by atoms with Gasteiger partial charge in [-0.2, -0.15) is 0 Å². The molecule has 1 aliphatic heterocycles. The molecule has 1 heterocycles. The molecule has 2 aromatic carbocycles. The van der Waals surface area contributed by atoms with Crippen molar-refractivity contribution in [3.63, 3.8) is 0 Å². The number of para-hydroxylation sites is 1. The average Bonchev–Trinajstić information content (AvgIpc) is 2.71. The minimum absolute atomic E-state index is 0.0398. The summed E-state index contributed by atoms with van der Waals surface area (Å²) in [7, 11) is 0. The largest absolute Gasteiger partial charge is 0.371 e. The van der Waals surface area contributed by atoms with Crippen LogP contribution in [0.4, 0.5) is 5.69 Å². The Kier molecular flexibility index (Phi) is 6.79. The summed E-state index contributed by atoms with van der Waals surface area (Å²) >= 11 is 0. The lowest BCUT2D eigenvalue weighted by Gasteiger charge is -2.33. The fraction of sp³-hybridized carbons (Fsp3) is 0.364. The van der Waals surface area contributed by atoms with Crippen LogP contribution in [-0.2, 0) is 14.3 Å². The Morgan fingerprint density at radius 1 is 1.04 bits per heavy atom. The summed E-state index contributed by atoms with van der Waals surface area (Å²) in [6.07, 6.45) is 0.0398. The number of carbonyl (C=O) groups excluding carboxylic acids is 2. The smallest absolute Gasteiger partial charge is 0.313 e. The second-order valence-electron chi connectivity index (χ2n) is 7.05. The zero-order valence-corrected chi connectivity index (χ0v) is 16.4. The molecule has 28 heavy (non-hydrogen) atoms. The van der Waals surface area contributed by atoms with E-state index in [9.17, 15) is 9.59 Å². The highest BCUT2D eigenvalue weighted by atomic mass is 16.5. The van der Waals surface area contributed by atoms with Gasteiger partial charge in [0.1, 0.15) is 0 Å². The van der Waals surface area contributed by atoms with Crippen LogP contribution in [0.3, 0.4) is 0 Å². The Morgan fingerprint density at radius 2 is 1.75 bits per heavy atom. The van der Waals surface area contributed by atoms with Crippen molar-refractivity contribution in [2.45, 2.75) is 20.0 Å². The lowest BCUT2D eigenvalue weighted by atomic mass is 10.1. The van der Waals surface area contributed by atoms with Crippen LogP contribution in [0.2, 0.25) is 0 Å². The van der Waals surface area contributed by atoms with E-state index in [1.807, 2.05) is 50.2 Å². The van der Waals surface area contributed by atoms with Gasteiger partial charge in [0.05, 0.1) is 12.7 Å². The zero-order chi connectivity index (χ0) is 19.9. The number of hydrogen-bond donors (Lipinski definition) is 2. The van der Waals surface area contributed by atoms with Crippen LogP contribution < -0.4 is 10.6 Å². The molecule has 0 bridgehead atoms. The quantitative estimate of drug-likeness (QED) is 0.781. The standard InChI is InChI=1S/C22H27N3O3/c1-16-7-6-8-17(2)20(16)24-22(27)21(26)23-11-12-25-13-14-28-19(15-25)18-9-4-3-5-10-18/h3-10,19H,11-15H2,1-2H3,(H,23,26)(H,24,27). The fourth-order valence-corrected chi connectivity index (χ4v) is 3.36. The third kappa shape index (κ3) is 5.18. The van der Waals surface area contributed by atoms with Gasteiger partial charge in [0.2, 0.25) is 0 Å². The van der Waals surface area contributed by atoms with E-state index in [1.165, 1.54) is 0 Å². The van der Waals surface area contributed by atoms with Crippen molar-refractivity contribution in [1.29, 1.82) is 0 Å². The lowest BCUT2D eigenvalue weighted by Crippen LogP contribution is -2.44.